The molecule has 0 saturated carbocycles. The van der Waals surface area contributed by atoms with Crippen LogP contribution in [-0.4, -0.2) is 34.2 Å². The van der Waals surface area contributed by atoms with Crippen LogP contribution in [0.25, 0.3) is 0 Å². The minimum Gasteiger partial charge on any atom is -0.481 e. The Morgan fingerprint density at radius 2 is 2.04 bits per heavy atom. The molecule has 23 heavy (non-hydrogen) atoms. The molecule has 0 fully saturated rings. The molecule has 1 aromatic carbocycles. The summed E-state index contributed by atoms with van der Waals surface area (Å²) in [4.78, 5) is 24.8. The smallest absolute Gasteiger partial charge is 0.410 e. The molecule has 1 amide bonds. The Morgan fingerprint density at radius 3 is 2.65 bits per heavy atom. The van der Waals surface area contributed by atoms with Crippen molar-refractivity contribution in [2.75, 3.05) is 6.54 Å². The number of carboxylic acids is 1. The number of nitrogens with zero attached hydrogens (tertiary/aromatic N) is 1. The van der Waals surface area contributed by atoms with Crippen molar-refractivity contribution >= 4 is 12.1 Å². The zero-order valence-electron chi connectivity index (χ0n) is 14.3. The molecular formula is C18H25NO4. The van der Waals surface area contributed by atoms with E-state index in [1.54, 1.807) is 4.90 Å². The molecule has 1 aliphatic rings. The molecule has 0 radical (unpaired) electrons. The van der Waals surface area contributed by atoms with Crippen LogP contribution < -0.4 is 0 Å². The Kier molecular flexibility index (Phi) is 4.97. The van der Waals surface area contributed by atoms with Gasteiger partial charge >= 0.3 is 12.1 Å². The molecule has 0 bridgehead atoms. The van der Waals surface area contributed by atoms with Gasteiger partial charge in [0.1, 0.15) is 5.60 Å². The van der Waals surface area contributed by atoms with Gasteiger partial charge < -0.3 is 14.7 Å². The van der Waals surface area contributed by atoms with Gasteiger partial charge in [0.25, 0.3) is 0 Å². The van der Waals surface area contributed by atoms with Gasteiger partial charge in [-0.2, -0.15) is 0 Å². The van der Waals surface area contributed by atoms with Crippen molar-refractivity contribution in [2.45, 2.75) is 58.6 Å². The van der Waals surface area contributed by atoms with Crippen molar-refractivity contribution in [2.24, 2.45) is 0 Å². The third kappa shape index (κ3) is 4.47. The van der Waals surface area contributed by atoms with E-state index in [1.165, 1.54) is 5.56 Å². The van der Waals surface area contributed by atoms with E-state index in [4.69, 9.17) is 9.84 Å². The van der Waals surface area contributed by atoms with Gasteiger partial charge in [-0.3, -0.25) is 4.79 Å². The van der Waals surface area contributed by atoms with E-state index >= 15 is 0 Å². The number of fused-ring (bicyclic) bond motifs is 1. The fourth-order valence-corrected chi connectivity index (χ4v) is 2.84. The fraction of sp³-hybridized carbons (Fsp3) is 0.556. The number of rotatable bonds is 3. The lowest BCUT2D eigenvalue weighted by Crippen LogP contribution is -2.42. The lowest BCUT2D eigenvalue weighted by Gasteiger charge is -2.36. The van der Waals surface area contributed by atoms with Gasteiger partial charge in [-0.1, -0.05) is 18.2 Å². The minimum absolute atomic E-state index is 0.0709. The van der Waals surface area contributed by atoms with E-state index in [1.807, 2.05) is 39.8 Å². The van der Waals surface area contributed by atoms with E-state index in [0.717, 1.165) is 17.5 Å². The number of carboxylic acid groups (broad SMARTS) is 1. The molecule has 1 aromatic rings. The summed E-state index contributed by atoms with van der Waals surface area (Å²) in [5.74, 6) is -0.800. The van der Waals surface area contributed by atoms with Gasteiger partial charge in [-0.15, -0.1) is 0 Å². The van der Waals surface area contributed by atoms with Crippen LogP contribution in [0.3, 0.4) is 0 Å². The first-order chi connectivity index (χ1) is 10.7. The highest BCUT2D eigenvalue weighted by Gasteiger charge is 2.31. The number of ether oxygens (including phenoxy) is 1. The first-order valence-electron chi connectivity index (χ1n) is 8.00. The molecule has 1 atom stereocenters. The number of hydrogen-bond acceptors (Lipinski definition) is 3. The fourth-order valence-electron chi connectivity index (χ4n) is 2.84. The normalized spacial score (nSPS) is 17.6. The molecule has 5 nitrogen and oxygen atoms in total. The summed E-state index contributed by atoms with van der Waals surface area (Å²) in [6.07, 6.45) is 1.11. The average Bonchev–Trinajstić information content (AvgIpc) is 2.43. The van der Waals surface area contributed by atoms with Crippen molar-refractivity contribution in [3.05, 3.63) is 34.9 Å². The molecule has 2 rings (SSSR count). The lowest BCUT2D eigenvalue weighted by molar-refractivity contribution is -0.136. The van der Waals surface area contributed by atoms with Gasteiger partial charge in [-0.25, -0.2) is 4.79 Å². The zero-order chi connectivity index (χ0) is 17.2. The van der Waals surface area contributed by atoms with E-state index in [2.05, 4.69) is 6.07 Å². The summed E-state index contributed by atoms with van der Waals surface area (Å²) in [6, 6.07) is 5.99. The molecule has 1 unspecified atom stereocenters. The molecule has 5 heteroatoms. The SMILES string of the molecule is CC1c2cc(CCC(=O)O)ccc2CCN1C(=O)OC(C)(C)C. The summed E-state index contributed by atoms with van der Waals surface area (Å²) < 4.78 is 5.48. The first-order valence-corrected chi connectivity index (χ1v) is 8.00. The predicted molar refractivity (Wildman–Crippen MR) is 87.5 cm³/mol. The second-order valence-corrected chi connectivity index (χ2v) is 7.03. The number of carbonyl (C=O) groups is 2. The van der Waals surface area contributed by atoms with Gasteiger partial charge in [0, 0.05) is 13.0 Å². The Balaban J connectivity index is 2.17. The predicted octanol–water partition coefficient (Wildman–Crippen LogP) is 3.56. The molecule has 1 N–H and O–H groups in total. The van der Waals surface area contributed by atoms with Crippen LogP contribution in [0.5, 0.6) is 0 Å². The summed E-state index contributed by atoms with van der Waals surface area (Å²) in [7, 11) is 0. The highest BCUT2D eigenvalue weighted by atomic mass is 16.6. The molecule has 126 valence electrons. The Bertz CT molecular complexity index is 604. The van der Waals surface area contributed by atoms with Crippen molar-refractivity contribution in [1.29, 1.82) is 0 Å². The molecule has 1 heterocycles. The third-order valence-electron chi connectivity index (χ3n) is 4.01. The highest BCUT2D eigenvalue weighted by molar-refractivity contribution is 5.69. The van der Waals surface area contributed by atoms with Gasteiger partial charge in [0.2, 0.25) is 0 Å². The maximum Gasteiger partial charge on any atom is 0.410 e. The number of carbonyl (C=O) groups excluding carboxylic acids is 1. The number of hydrogen-bond donors (Lipinski definition) is 1. The maximum atomic E-state index is 12.4. The monoisotopic (exact) mass is 319 g/mol. The van der Waals surface area contributed by atoms with Crippen LogP contribution in [0.4, 0.5) is 4.79 Å². The second-order valence-electron chi connectivity index (χ2n) is 7.03. The van der Waals surface area contributed by atoms with E-state index < -0.39 is 11.6 Å². The number of benzene rings is 1. The molecule has 0 spiro atoms. The van der Waals surface area contributed by atoms with Crippen molar-refractivity contribution in [3.8, 4) is 0 Å². The molecule has 0 aromatic heterocycles. The van der Waals surface area contributed by atoms with Crippen molar-refractivity contribution in [3.63, 3.8) is 0 Å². The van der Waals surface area contributed by atoms with Crippen LogP contribution in [-0.2, 0) is 22.4 Å². The van der Waals surface area contributed by atoms with E-state index in [0.29, 0.717) is 13.0 Å². The topological polar surface area (TPSA) is 66.8 Å². The van der Waals surface area contributed by atoms with E-state index in [9.17, 15) is 9.59 Å². The largest absolute Gasteiger partial charge is 0.481 e. The summed E-state index contributed by atoms with van der Waals surface area (Å²) in [5, 5.41) is 8.82. The zero-order valence-corrected chi connectivity index (χ0v) is 14.3. The second kappa shape index (κ2) is 6.60. The third-order valence-corrected chi connectivity index (χ3v) is 4.01. The van der Waals surface area contributed by atoms with Crippen molar-refractivity contribution in [1.82, 2.24) is 4.90 Å². The number of aliphatic carboxylic acids is 1. The van der Waals surface area contributed by atoms with Gasteiger partial charge in [0.05, 0.1) is 6.04 Å². The minimum atomic E-state index is -0.800. The van der Waals surface area contributed by atoms with Gasteiger partial charge in [0.15, 0.2) is 0 Å². The summed E-state index contributed by atoms with van der Waals surface area (Å²) in [6.45, 7) is 8.20. The Labute approximate surface area is 137 Å². The number of aryl methyl sites for hydroxylation is 1. The highest BCUT2D eigenvalue weighted by Crippen LogP contribution is 2.31. The molecule has 0 saturated heterocycles. The first kappa shape index (κ1) is 17.3. The molecule has 1 aliphatic heterocycles. The molecular weight excluding hydrogens is 294 g/mol. The van der Waals surface area contributed by atoms with Gasteiger partial charge in [-0.05, 0) is 57.2 Å². The molecule has 0 aliphatic carbocycles. The van der Waals surface area contributed by atoms with E-state index in [-0.39, 0.29) is 18.6 Å². The summed E-state index contributed by atoms with van der Waals surface area (Å²) in [5.41, 5.74) is 2.78. The Morgan fingerprint density at radius 1 is 1.35 bits per heavy atom. The van der Waals surface area contributed by atoms with Crippen LogP contribution in [0.15, 0.2) is 18.2 Å². The summed E-state index contributed by atoms with van der Waals surface area (Å²) >= 11 is 0. The van der Waals surface area contributed by atoms with Crippen LogP contribution in [0, 0.1) is 0 Å². The van der Waals surface area contributed by atoms with Crippen molar-refractivity contribution < 1.29 is 19.4 Å². The van der Waals surface area contributed by atoms with Crippen LogP contribution in [0.2, 0.25) is 0 Å². The number of amides is 1. The van der Waals surface area contributed by atoms with Crippen LogP contribution in [0.1, 0.15) is 56.8 Å². The standard InChI is InChI=1S/C18H25NO4/c1-12-15-11-13(6-8-16(20)21)5-7-14(15)9-10-19(12)17(22)23-18(2,3)4/h5,7,11-12H,6,8-10H2,1-4H3,(H,20,21). The lowest BCUT2D eigenvalue weighted by atomic mass is 9.91. The van der Waals surface area contributed by atoms with Crippen LogP contribution >= 0.6 is 0 Å². The average molecular weight is 319 g/mol. The quantitative estimate of drug-likeness (QED) is 0.925. The Hall–Kier alpha value is -2.04. The maximum absolute atomic E-state index is 12.4.